The van der Waals surface area contributed by atoms with Crippen molar-refractivity contribution in [1.29, 1.82) is 5.41 Å². The Balaban J connectivity index is 2.36. The Morgan fingerprint density at radius 1 is 1.11 bits per heavy atom. The minimum Gasteiger partial charge on any atom is -0.364 e. The summed E-state index contributed by atoms with van der Waals surface area (Å²) in [5, 5.41) is 10.5. The van der Waals surface area contributed by atoms with Gasteiger partial charge in [0.1, 0.15) is 11.4 Å². The highest BCUT2D eigenvalue weighted by molar-refractivity contribution is 6.02. The third kappa shape index (κ3) is 5.34. The van der Waals surface area contributed by atoms with Gasteiger partial charge in [-0.1, -0.05) is 45.0 Å². The van der Waals surface area contributed by atoms with Crippen LogP contribution in [0.4, 0.5) is 19.0 Å². The van der Waals surface area contributed by atoms with E-state index < -0.39 is 41.2 Å². The second-order valence-corrected chi connectivity index (χ2v) is 7.67. The summed E-state index contributed by atoms with van der Waals surface area (Å²) < 4.78 is 38.0. The fourth-order valence-electron chi connectivity index (χ4n) is 2.74. The second kappa shape index (κ2) is 7.65. The molecular formula is C19H23F3N4O2. The Morgan fingerprint density at radius 3 is 2.18 bits per heavy atom. The highest BCUT2D eigenvalue weighted by Gasteiger charge is 2.32. The average molecular weight is 396 g/mol. The monoisotopic (exact) mass is 396 g/mol. The largest absolute Gasteiger partial charge is 0.394 e. The Labute approximate surface area is 159 Å². The summed E-state index contributed by atoms with van der Waals surface area (Å²) in [7, 11) is 0. The van der Waals surface area contributed by atoms with Gasteiger partial charge in [-0.15, -0.1) is 0 Å². The third-order valence-corrected chi connectivity index (χ3v) is 4.26. The van der Waals surface area contributed by atoms with Gasteiger partial charge in [0.05, 0.1) is 12.1 Å². The van der Waals surface area contributed by atoms with Crippen molar-refractivity contribution in [3.8, 4) is 0 Å². The van der Waals surface area contributed by atoms with E-state index in [0.717, 1.165) is 11.1 Å². The first-order valence-electron chi connectivity index (χ1n) is 8.66. The Kier molecular flexibility index (Phi) is 5.86. The number of halogens is 3. The summed E-state index contributed by atoms with van der Waals surface area (Å²) >= 11 is 0. The van der Waals surface area contributed by atoms with E-state index >= 15 is 0 Å². The molecule has 2 rings (SSSR count). The van der Waals surface area contributed by atoms with Crippen molar-refractivity contribution in [2.45, 2.75) is 51.7 Å². The van der Waals surface area contributed by atoms with E-state index in [1.165, 1.54) is 0 Å². The number of nitrogens with one attached hydrogen (secondary N) is 4. The number of hydrogen-bond acceptors (Lipinski definition) is 4. The molecule has 1 aromatic heterocycles. The number of rotatable bonds is 5. The van der Waals surface area contributed by atoms with E-state index in [9.17, 15) is 22.8 Å². The molecule has 2 aromatic rings. The van der Waals surface area contributed by atoms with Crippen molar-refractivity contribution in [1.82, 2.24) is 9.97 Å². The Morgan fingerprint density at radius 2 is 1.68 bits per heavy atom. The zero-order chi connectivity index (χ0) is 21.3. The molecule has 0 amide bonds. The highest BCUT2D eigenvalue weighted by atomic mass is 19.4. The van der Waals surface area contributed by atoms with Gasteiger partial charge in [0.25, 0.3) is 5.56 Å². The van der Waals surface area contributed by atoms with E-state index in [1.54, 1.807) is 6.92 Å². The molecule has 6 nitrogen and oxygen atoms in total. The fraction of sp³-hybridized carbons (Fsp3) is 0.421. The van der Waals surface area contributed by atoms with Gasteiger partial charge in [-0.2, -0.15) is 13.2 Å². The minimum atomic E-state index is -4.65. The summed E-state index contributed by atoms with van der Waals surface area (Å²) in [6, 6.07) is 7.19. The van der Waals surface area contributed by atoms with Crippen LogP contribution < -0.4 is 16.6 Å². The summed E-state index contributed by atoms with van der Waals surface area (Å²) in [6.07, 6.45) is -6.23. The van der Waals surface area contributed by atoms with E-state index in [4.69, 9.17) is 5.41 Å². The predicted octanol–water partition coefficient (Wildman–Crippen LogP) is 3.85. The smallest absolute Gasteiger partial charge is 0.364 e. The van der Waals surface area contributed by atoms with Crippen LogP contribution in [0.2, 0.25) is 0 Å². The molecular weight excluding hydrogens is 373 g/mol. The van der Waals surface area contributed by atoms with E-state index in [2.05, 4.69) is 31.1 Å². The van der Waals surface area contributed by atoms with Gasteiger partial charge in [0.15, 0.2) is 0 Å². The van der Waals surface area contributed by atoms with Gasteiger partial charge in [0.2, 0.25) is 0 Å². The summed E-state index contributed by atoms with van der Waals surface area (Å²) in [6.45, 7) is 7.96. The maximum atomic E-state index is 12.7. The predicted molar refractivity (Wildman–Crippen MR) is 102 cm³/mol. The lowest BCUT2D eigenvalue weighted by molar-refractivity contribution is -0.121. The van der Waals surface area contributed by atoms with Crippen molar-refractivity contribution in [2.24, 2.45) is 0 Å². The summed E-state index contributed by atoms with van der Waals surface area (Å²) in [4.78, 5) is 27.8. The maximum Gasteiger partial charge on any atom is 0.394 e. The summed E-state index contributed by atoms with van der Waals surface area (Å²) in [5.74, 6) is -0.213. The van der Waals surface area contributed by atoms with Gasteiger partial charge >= 0.3 is 11.9 Å². The van der Waals surface area contributed by atoms with Crippen LogP contribution in [0, 0.1) is 5.41 Å². The molecule has 0 radical (unpaired) electrons. The lowest BCUT2D eigenvalue weighted by Crippen LogP contribution is -2.32. The van der Waals surface area contributed by atoms with E-state index in [-0.39, 0.29) is 11.2 Å². The fourth-order valence-corrected chi connectivity index (χ4v) is 2.74. The SMILES string of the molecule is CC(Nc1[nH]c(=O)[nH]c(=O)c1C(=N)CC(F)(F)F)c1ccc(C(C)(C)C)cc1. The highest BCUT2D eigenvalue weighted by Crippen LogP contribution is 2.26. The maximum absolute atomic E-state index is 12.7. The Bertz CT molecular complexity index is 967. The first-order chi connectivity index (χ1) is 12.8. The summed E-state index contributed by atoms with van der Waals surface area (Å²) in [5.41, 5.74) is -1.49. The van der Waals surface area contributed by atoms with Crippen LogP contribution in [0.25, 0.3) is 0 Å². The third-order valence-electron chi connectivity index (χ3n) is 4.26. The van der Waals surface area contributed by atoms with Gasteiger partial charge < -0.3 is 10.7 Å². The molecule has 0 bridgehead atoms. The number of benzene rings is 1. The number of alkyl halides is 3. The van der Waals surface area contributed by atoms with E-state index in [0.29, 0.717) is 0 Å². The van der Waals surface area contributed by atoms with Crippen LogP contribution in [-0.4, -0.2) is 21.9 Å². The number of aromatic nitrogens is 2. The van der Waals surface area contributed by atoms with Gasteiger partial charge in [-0.3, -0.25) is 14.8 Å². The molecule has 0 saturated heterocycles. The molecule has 4 N–H and O–H groups in total. The standard InChI is InChI=1S/C19H23F3N4O2/c1-10(11-5-7-12(8-6-11)18(2,3)4)24-15-14(13(23)9-19(20,21)22)16(27)26-17(28)25-15/h5-8,10,23H,9H2,1-4H3,(H3,24,25,26,27,28). The van der Waals surface area contributed by atoms with E-state index in [1.807, 2.05) is 29.2 Å². The van der Waals surface area contributed by atoms with Crippen LogP contribution in [0.3, 0.4) is 0 Å². The van der Waals surface area contributed by atoms with Crippen LogP contribution >= 0.6 is 0 Å². The van der Waals surface area contributed by atoms with Crippen LogP contribution in [0.1, 0.15) is 56.8 Å². The number of hydrogen-bond donors (Lipinski definition) is 4. The molecule has 0 spiro atoms. The molecule has 1 aromatic carbocycles. The van der Waals surface area contributed by atoms with Crippen molar-refractivity contribution >= 4 is 11.5 Å². The molecule has 9 heteroatoms. The lowest BCUT2D eigenvalue weighted by atomic mass is 9.86. The molecule has 0 fully saturated rings. The molecule has 28 heavy (non-hydrogen) atoms. The van der Waals surface area contributed by atoms with Crippen LogP contribution in [0.5, 0.6) is 0 Å². The molecule has 0 aliphatic heterocycles. The zero-order valence-electron chi connectivity index (χ0n) is 16.0. The van der Waals surface area contributed by atoms with Crippen LogP contribution in [-0.2, 0) is 5.41 Å². The number of H-pyrrole nitrogens is 2. The van der Waals surface area contributed by atoms with Gasteiger partial charge in [-0.25, -0.2) is 4.79 Å². The minimum absolute atomic E-state index is 0.0347. The molecule has 1 unspecified atom stereocenters. The first kappa shape index (κ1) is 21.5. The number of aromatic amines is 2. The molecule has 152 valence electrons. The van der Waals surface area contributed by atoms with Crippen LogP contribution in [0.15, 0.2) is 33.9 Å². The topological polar surface area (TPSA) is 102 Å². The number of anilines is 1. The van der Waals surface area contributed by atoms with Gasteiger partial charge in [-0.05, 0) is 23.5 Å². The first-order valence-corrected chi connectivity index (χ1v) is 8.66. The normalized spacial score (nSPS) is 13.2. The van der Waals surface area contributed by atoms with Crippen molar-refractivity contribution < 1.29 is 13.2 Å². The lowest BCUT2D eigenvalue weighted by Gasteiger charge is -2.21. The zero-order valence-corrected chi connectivity index (χ0v) is 16.0. The molecule has 1 heterocycles. The molecule has 0 aliphatic carbocycles. The Hall–Kier alpha value is -2.84. The molecule has 1 atom stereocenters. The average Bonchev–Trinajstić information content (AvgIpc) is 2.51. The quantitative estimate of drug-likeness (QED) is 0.577. The second-order valence-electron chi connectivity index (χ2n) is 7.67. The van der Waals surface area contributed by atoms with Gasteiger partial charge in [0, 0.05) is 6.04 Å². The van der Waals surface area contributed by atoms with Crippen molar-refractivity contribution in [3.63, 3.8) is 0 Å². The van der Waals surface area contributed by atoms with Crippen molar-refractivity contribution in [2.75, 3.05) is 5.32 Å². The molecule has 0 aliphatic rings. The van der Waals surface area contributed by atoms with Crippen molar-refractivity contribution in [3.05, 3.63) is 61.8 Å². The molecule has 0 saturated carbocycles.